The zero-order valence-electron chi connectivity index (χ0n) is 9.68. The molecule has 0 aromatic carbocycles. The number of ether oxygens (including phenoxy) is 1. The van der Waals surface area contributed by atoms with Gasteiger partial charge in [0.1, 0.15) is 0 Å². The Hall–Kier alpha value is -0.170. The molecule has 0 spiro atoms. The Morgan fingerprint density at radius 3 is 2.75 bits per heavy atom. The number of hydrogen-bond donors (Lipinski definition) is 1. The van der Waals surface area contributed by atoms with Gasteiger partial charge in [-0.2, -0.15) is 0 Å². The zero-order valence-corrected chi connectivity index (χ0v) is 10.5. The summed E-state index contributed by atoms with van der Waals surface area (Å²) in [5, 5.41) is 3.15. The molecule has 94 valence electrons. The Morgan fingerprint density at radius 2 is 2.19 bits per heavy atom. The minimum atomic E-state index is -3.02. The SMILES string of the molecule is CS(=O)(=O)N1CCCC(COC2CNC2)C1. The Kier molecular flexibility index (Phi) is 3.84. The van der Waals surface area contributed by atoms with Gasteiger partial charge in [-0.15, -0.1) is 0 Å². The topological polar surface area (TPSA) is 58.6 Å². The highest BCUT2D eigenvalue weighted by Crippen LogP contribution is 2.19. The molecule has 2 fully saturated rings. The lowest BCUT2D eigenvalue weighted by atomic mass is 10.0. The Bertz CT molecular complexity index is 327. The second kappa shape index (κ2) is 5.00. The fourth-order valence-corrected chi connectivity index (χ4v) is 3.06. The van der Waals surface area contributed by atoms with Crippen LogP contribution in [0.1, 0.15) is 12.8 Å². The minimum Gasteiger partial charge on any atom is -0.375 e. The monoisotopic (exact) mass is 248 g/mol. The summed E-state index contributed by atoms with van der Waals surface area (Å²) in [5.74, 6) is 0.365. The third-order valence-electron chi connectivity index (χ3n) is 3.26. The van der Waals surface area contributed by atoms with E-state index in [1.807, 2.05) is 0 Å². The van der Waals surface area contributed by atoms with Crippen molar-refractivity contribution in [3.05, 3.63) is 0 Å². The second-order valence-electron chi connectivity index (χ2n) is 4.74. The number of hydrogen-bond acceptors (Lipinski definition) is 4. The van der Waals surface area contributed by atoms with E-state index in [0.29, 0.717) is 31.7 Å². The van der Waals surface area contributed by atoms with Gasteiger partial charge in [-0.05, 0) is 18.8 Å². The maximum absolute atomic E-state index is 11.4. The first-order chi connectivity index (χ1) is 7.55. The maximum atomic E-state index is 11.4. The van der Waals surface area contributed by atoms with Crippen molar-refractivity contribution in [3.63, 3.8) is 0 Å². The Morgan fingerprint density at radius 1 is 1.44 bits per heavy atom. The van der Waals surface area contributed by atoms with Crippen molar-refractivity contribution in [1.82, 2.24) is 9.62 Å². The van der Waals surface area contributed by atoms with Crippen LogP contribution in [0.2, 0.25) is 0 Å². The van der Waals surface area contributed by atoms with Gasteiger partial charge in [-0.25, -0.2) is 12.7 Å². The van der Waals surface area contributed by atoms with E-state index in [1.165, 1.54) is 6.26 Å². The smallest absolute Gasteiger partial charge is 0.211 e. The summed E-state index contributed by atoms with van der Waals surface area (Å²) < 4.78 is 30.1. The quantitative estimate of drug-likeness (QED) is 0.738. The van der Waals surface area contributed by atoms with E-state index in [9.17, 15) is 8.42 Å². The Balaban J connectivity index is 1.77. The molecule has 6 heteroatoms. The van der Waals surface area contributed by atoms with Gasteiger partial charge in [0, 0.05) is 26.2 Å². The van der Waals surface area contributed by atoms with E-state index in [4.69, 9.17) is 4.74 Å². The fraction of sp³-hybridized carbons (Fsp3) is 1.00. The van der Waals surface area contributed by atoms with Crippen LogP contribution >= 0.6 is 0 Å². The Labute approximate surface area is 97.2 Å². The summed E-state index contributed by atoms with van der Waals surface area (Å²) in [7, 11) is -3.02. The highest BCUT2D eigenvalue weighted by molar-refractivity contribution is 7.88. The number of piperidine rings is 1. The van der Waals surface area contributed by atoms with E-state index in [2.05, 4.69) is 5.32 Å². The second-order valence-corrected chi connectivity index (χ2v) is 6.73. The molecule has 0 bridgehead atoms. The van der Waals surface area contributed by atoms with Crippen LogP contribution in [0.5, 0.6) is 0 Å². The van der Waals surface area contributed by atoms with Crippen molar-refractivity contribution in [2.24, 2.45) is 5.92 Å². The summed E-state index contributed by atoms with van der Waals surface area (Å²) in [5.41, 5.74) is 0. The van der Waals surface area contributed by atoms with Crippen LogP contribution in [0.15, 0.2) is 0 Å². The van der Waals surface area contributed by atoms with Gasteiger partial charge in [0.15, 0.2) is 0 Å². The average molecular weight is 248 g/mol. The summed E-state index contributed by atoms with van der Waals surface area (Å²) in [4.78, 5) is 0. The van der Waals surface area contributed by atoms with E-state index in [0.717, 1.165) is 25.9 Å². The molecule has 1 N–H and O–H groups in total. The van der Waals surface area contributed by atoms with Gasteiger partial charge in [-0.3, -0.25) is 0 Å². The summed E-state index contributed by atoms with van der Waals surface area (Å²) >= 11 is 0. The lowest BCUT2D eigenvalue weighted by Crippen LogP contribution is -2.49. The molecular formula is C10H20N2O3S. The molecule has 0 aromatic rings. The normalized spacial score (nSPS) is 28.9. The van der Waals surface area contributed by atoms with E-state index in [-0.39, 0.29) is 0 Å². The van der Waals surface area contributed by atoms with Gasteiger partial charge in [0.25, 0.3) is 0 Å². The van der Waals surface area contributed by atoms with Gasteiger partial charge in [0.05, 0.1) is 19.0 Å². The van der Waals surface area contributed by atoms with E-state index in [1.54, 1.807) is 4.31 Å². The fourth-order valence-electron chi connectivity index (χ4n) is 2.12. The molecule has 2 aliphatic rings. The number of nitrogens with zero attached hydrogens (tertiary/aromatic N) is 1. The van der Waals surface area contributed by atoms with Gasteiger partial charge in [-0.1, -0.05) is 0 Å². The number of rotatable bonds is 4. The lowest BCUT2D eigenvalue weighted by Gasteiger charge is -2.33. The molecule has 0 saturated carbocycles. The molecule has 2 heterocycles. The maximum Gasteiger partial charge on any atom is 0.211 e. The van der Waals surface area contributed by atoms with E-state index >= 15 is 0 Å². The van der Waals surface area contributed by atoms with Crippen LogP contribution in [0, 0.1) is 5.92 Å². The van der Waals surface area contributed by atoms with Crippen LogP contribution in [-0.2, 0) is 14.8 Å². The predicted octanol–water partition coefficient (Wildman–Crippen LogP) is -0.354. The molecule has 1 atom stereocenters. The van der Waals surface area contributed by atoms with Crippen LogP contribution in [-0.4, -0.2) is 57.9 Å². The molecule has 5 nitrogen and oxygen atoms in total. The molecule has 2 rings (SSSR count). The first-order valence-electron chi connectivity index (χ1n) is 5.83. The summed E-state index contributed by atoms with van der Waals surface area (Å²) in [6.45, 7) is 3.85. The van der Waals surface area contributed by atoms with Crippen molar-refractivity contribution < 1.29 is 13.2 Å². The van der Waals surface area contributed by atoms with Crippen LogP contribution < -0.4 is 5.32 Å². The number of nitrogens with one attached hydrogen (secondary N) is 1. The predicted molar refractivity (Wildman–Crippen MR) is 61.8 cm³/mol. The molecule has 16 heavy (non-hydrogen) atoms. The van der Waals surface area contributed by atoms with Crippen LogP contribution in [0.4, 0.5) is 0 Å². The molecule has 2 aliphatic heterocycles. The molecular weight excluding hydrogens is 228 g/mol. The van der Waals surface area contributed by atoms with Crippen molar-refractivity contribution in [2.45, 2.75) is 18.9 Å². The third kappa shape index (κ3) is 3.16. The first kappa shape index (κ1) is 12.3. The van der Waals surface area contributed by atoms with Crippen molar-refractivity contribution in [1.29, 1.82) is 0 Å². The van der Waals surface area contributed by atoms with Gasteiger partial charge in [0.2, 0.25) is 10.0 Å². The highest BCUT2D eigenvalue weighted by atomic mass is 32.2. The third-order valence-corrected chi connectivity index (χ3v) is 4.53. The van der Waals surface area contributed by atoms with Crippen molar-refractivity contribution in [3.8, 4) is 0 Å². The molecule has 0 radical (unpaired) electrons. The molecule has 1 unspecified atom stereocenters. The highest BCUT2D eigenvalue weighted by Gasteiger charge is 2.27. The zero-order chi connectivity index (χ0) is 11.6. The molecule has 0 amide bonds. The molecule has 0 aliphatic carbocycles. The summed E-state index contributed by atoms with van der Waals surface area (Å²) in [6, 6.07) is 0. The molecule has 0 aromatic heterocycles. The number of sulfonamides is 1. The minimum absolute atomic E-state index is 0.341. The van der Waals surface area contributed by atoms with Crippen molar-refractivity contribution in [2.75, 3.05) is 39.0 Å². The largest absolute Gasteiger partial charge is 0.375 e. The van der Waals surface area contributed by atoms with E-state index < -0.39 is 10.0 Å². The standard InChI is InChI=1S/C10H20N2O3S/c1-16(13,14)12-4-2-3-9(7-12)8-15-10-5-11-6-10/h9-11H,2-8H2,1H3. The average Bonchev–Trinajstić information content (AvgIpc) is 2.14. The van der Waals surface area contributed by atoms with Gasteiger partial charge < -0.3 is 10.1 Å². The lowest BCUT2D eigenvalue weighted by molar-refractivity contribution is -0.00909. The van der Waals surface area contributed by atoms with Crippen LogP contribution in [0.25, 0.3) is 0 Å². The van der Waals surface area contributed by atoms with Gasteiger partial charge >= 0.3 is 0 Å². The first-order valence-corrected chi connectivity index (χ1v) is 7.68. The summed E-state index contributed by atoms with van der Waals surface area (Å²) in [6.07, 6.45) is 3.65. The van der Waals surface area contributed by atoms with Crippen molar-refractivity contribution >= 4 is 10.0 Å². The van der Waals surface area contributed by atoms with Crippen LogP contribution in [0.3, 0.4) is 0 Å². The molecule has 2 saturated heterocycles.